The molecule has 0 unspecified atom stereocenters. The Morgan fingerprint density at radius 2 is 2.05 bits per heavy atom. The molecule has 2 N–H and O–H groups in total. The van der Waals surface area contributed by atoms with Crippen molar-refractivity contribution >= 4 is 5.96 Å². The maximum atomic E-state index is 5.24. The van der Waals surface area contributed by atoms with Crippen molar-refractivity contribution in [3.63, 3.8) is 0 Å². The van der Waals surface area contributed by atoms with Gasteiger partial charge in [0.1, 0.15) is 0 Å². The van der Waals surface area contributed by atoms with Gasteiger partial charge in [0, 0.05) is 32.0 Å². The van der Waals surface area contributed by atoms with E-state index in [0.29, 0.717) is 24.3 Å². The van der Waals surface area contributed by atoms with E-state index in [4.69, 9.17) is 4.52 Å². The van der Waals surface area contributed by atoms with Gasteiger partial charge in [-0.2, -0.15) is 4.98 Å². The monoisotopic (exact) mass is 307 g/mol. The van der Waals surface area contributed by atoms with Crippen LogP contribution in [0, 0.1) is 5.92 Å². The minimum absolute atomic E-state index is 0.300. The lowest BCUT2D eigenvalue weighted by Crippen LogP contribution is -2.45. The summed E-state index contributed by atoms with van der Waals surface area (Å²) < 4.78 is 5.24. The molecule has 0 aromatic carbocycles. The molecular weight excluding hydrogens is 278 g/mol. The molecule has 1 heterocycles. The van der Waals surface area contributed by atoms with E-state index in [-0.39, 0.29) is 0 Å². The van der Waals surface area contributed by atoms with Crippen molar-refractivity contribution in [1.82, 2.24) is 20.8 Å². The second-order valence-electron chi connectivity index (χ2n) is 6.55. The van der Waals surface area contributed by atoms with E-state index in [2.05, 4.69) is 46.5 Å². The first kappa shape index (κ1) is 16.8. The lowest BCUT2D eigenvalue weighted by atomic mass is 9.87. The maximum Gasteiger partial charge on any atom is 0.228 e. The lowest BCUT2D eigenvalue weighted by Gasteiger charge is -2.28. The zero-order chi connectivity index (χ0) is 15.9. The number of rotatable bonds is 5. The maximum absolute atomic E-state index is 5.24. The van der Waals surface area contributed by atoms with Crippen molar-refractivity contribution in [2.45, 2.75) is 64.8 Å². The largest absolute Gasteiger partial charge is 0.356 e. The highest BCUT2D eigenvalue weighted by atomic mass is 16.5. The van der Waals surface area contributed by atoms with Crippen LogP contribution in [-0.4, -0.2) is 35.7 Å². The summed E-state index contributed by atoms with van der Waals surface area (Å²) in [6, 6.07) is 0.540. The van der Waals surface area contributed by atoms with E-state index in [0.717, 1.165) is 24.2 Å². The Morgan fingerprint density at radius 1 is 1.32 bits per heavy atom. The third-order valence-corrected chi connectivity index (χ3v) is 4.21. The predicted octanol–water partition coefficient (Wildman–Crippen LogP) is 2.48. The normalized spacial score (nSPS) is 22.9. The zero-order valence-corrected chi connectivity index (χ0v) is 14.2. The first-order valence-electron chi connectivity index (χ1n) is 8.38. The molecule has 1 aromatic heterocycles. The molecule has 1 aliphatic carbocycles. The van der Waals surface area contributed by atoms with Crippen molar-refractivity contribution in [3.05, 3.63) is 11.7 Å². The fourth-order valence-electron chi connectivity index (χ4n) is 2.68. The fraction of sp³-hybridized carbons (Fsp3) is 0.812. The standard InChI is InChI=1S/C16H29N5O/c1-11(2)15-20-14(22-21-15)9-10-18-16(17-4)19-13-7-5-12(3)6-8-13/h11-13H,5-10H2,1-4H3,(H2,17,18,19). The van der Waals surface area contributed by atoms with Crippen LogP contribution < -0.4 is 10.6 Å². The highest BCUT2D eigenvalue weighted by Crippen LogP contribution is 2.23. The molecule has 1 fully saturated rings. The molecule has 0 atom stereocenters. The molecule has 2 rings (SSSR count). The molecule has 1 saturated carbocycles. The number of guanidine groups is 1. The summed E-state index contributed by atoms with van der Waals surface area (Å²) in [7, 11) is 1.81. The molecule has 0 aliphatic heterocycles. The van der Waals surface area contributed by atoms with Crippen LogP contribution in [0.4, 0.5) is 0 Å². The van der Waals surface area contributed by atoms with Crippen LogP contribution in [0.2, 0.25) is 0 Å². The Bertz CT molecular complexity index is 475. The third-order valence-electron chi connectivity index (χ3n) is 4.21. The minimum atomic E-state index is 0.300. The van der Waals surface area contributed by atoms with E-state index in [1.54, 1.807) is 0 Å². The van der Waals surface area contributed by atoms with Gasteiger partial charge in [0.15, 0.2) is 11.8 Å². The Labute approximate surface area is 133 Å². The average Bonchev–Trinajstić information content (AvgIpc) is 2.97. The number of hydrogen-bond acceptors (Lipinski definition) is 4. The SMILES string of the molecule is CN=C(NCCc1nc(C(C)C)no1)NC1CCC(C)CC1. The number of nitrogens with zero attached hydrogens (tertiary/aromatic N) is 3. The summed E-state index contributed by atoms with van der Waals surface area (Å²) in [6.07, 6.45) is 5.76. The smallest absolute Gasteiger partial charge is 0.228 e. The van der Waals surface area contributed by atoms with E-state index in [1.807, 2.05) is 7.05 Å². The topological polar surface area (TPSA) is 75.3 Å². The van der Waals surface area contributed by atoms with E-state index >= 15 is 0 Å². The van der Waals surface area contributed by atoms with E-state index < -0.39 is 0 Å². The number of hydrogen-bond donors (Lipinski definition) is 2. The summed E-state index contributed by atoms with van der Waals surface area (Å²) in [5, 5.41) is 10.8. The zero-order valence-electron chi connectivity index (χ0n) is 14.2. The van der Waals surface area contributed by atoms with Gasteiger partial charge in [-0.05, 0) is 31.6 Å². The van der Waals surface area contributed by atoms with Crippen molar-refractivity contribution in [1.29, 1.82) is 0 Å². The van der Waals surface area contributed by atoms with E-state index in [9.17, 15) is 0 Å². The van der Waals surface area contributed by atoms with Gasteiger partial charge in [-0.1, -0.05) is 25.9 Å². The highest BCUT2D eigenvalue weighted by Gasteiger charge is 2.18. The van der Waals surface area contributed by atoms with Crippen LogP contribution >= 0.6 is 0 Å². The Kier molecular flexibility index (Phi) is 6.21. The molecule has 0 saturated heterocycles. The van der Waals surface area contributed by atoms with Crippen LogP contribution in [0.25, 0.3) is 0 Å². The number of nitrogens with one attached hydrogen (secondary N) is 2. The van der Waals surface area contributed by atoms with Gasteiger partial charge in [0.05, 0.1) is 0 Å². The molecule has 0 amide bonds. The Morgan fingerprint density at radius 3 is 2.64 bits per heavy atom. The molecule has 0 radical (unpaired) electrons. The fourth-order valence-corrected chi connectivity index (χ4v) is 2.68. The van der Waals surface area contributed by atoms with Gasteiger partial charge in [0.25, 0.3) is 0 Å². The summed E-state index contributed by atoms with van der Waals surface area (Å²) in [4.78, 5) is 8.67. The molecule has 22 heavy (non-hydrogen) atoms. The van der Waals surface area contributed by atoms with Gasteiger partial charge >= 0.3 is 0 Å². The minimum Gasteiger partial charge on any atom is -0.356 e. The quantitative estimate of drug-likeness (QED) is 0.645. The molecule has 6 nitrogen and oxygen atoms in total. The molecule has 1 aromatic rings. The molecule has 124 valence electrons. The first-order valence-corrected chi connectivity index (χ1v) is 8.38. The first-order chi connectivity index (χ1) is 10.6. The third kappa shape index (κ3) is 5.00. The van der Waals surface area contributed by atoms with Gasteiger partial charge in [-0.15, -0.1) is 0 Å². The van der Waals surface area contributed by atoms with Crippen molar-refractivity contribution in [3.8, 4) is 0 Å². The van der Waals surface area contributed by atoms with Crippen LogP contribution in [0.3, 0.4) is 0 Å². The van der Waals surface area contributed by atoms with Crippen molar-refractivity contribution in [2.24, 2.45) is 10.9 Å². The molecular formula is C16H29N5O. The van der Waals surface area contributed by atoms with Gasteiger partial charge in [-0.3, -0.25) is 4.99 Å². The summed E-state index contributed by atoms with van der Waals surface area (Å²) in [6.45, 7) is 7.19. The molecule has 0 spiro atoms. The van der Waals surface area contributed by atoms with Crippen LogP contribution in [0.1, 0.15) is 64.1 Å². The van der Waals surface area contributed by atoms with Crippen LogP contribution in [0.5, 0.6) is 0 Å². The van der Waals surface area contributed by atoms with Gasteiger partial charge in [0.2, 0.25) is 5.89 Å². The lowest BCUT2D eigenvalue weighted by molar-refractivity contribution is 0.329. The van der Waals surface area contributed by atoms with Crippen LogP contribution in [-0.2, 0) is 6.42 Å². The van der Waals surface area contributed by atoms with Gasteiger partial charge < -0.3 is 15.2 Å². The number of aliphatic imine (C=N–C) groups is 1. The highest BCUT2D eigenvalue weighted by molar-refractivity contribution is 5.79. The molecule has 0 bridgehead atoms. The van der Waals surface area contributed by atoms with Crippen LogP contribution in [0.15, 0.2) is 9.52 Å². The summed E-state index contributed by atoms with van der Waals surface area (Å²) >= 11 is 0. The van der Waals surface area contributed by atoms with Crippen molar-refractivity contribution in [2.75, 3.05) is 13.6 Å². The second-order valence-corrected chi connectivity index (χ2v) is 6.55. The van der Waals surface area contributed by atoms with Crippen molar-refractivity contribution < 1.29 is 4.52 Å². The van der Waals surface area contributed by atoms with E-state index in [1.165, 1.54) is 25.7 Å². The molecule has 1 aliphatic rings. The van der Waals surface area contributed by atoms with Gasteiger partial charge in [-0.25, -0.2) is 0 Å². The summed E-state index contributed by atoms with van der Waals surface area (Å²) in [5.41, 5.74) is 0. The Balaban J connectivity index is 1.72. The average molecular weight is 307 g/mol. The summed E-state index contributed by atoms with van der Waals surface area (Å²) in [5.74, 6) is 3.48. The Hall–Kier alpha value is -1.59. The number of aromatic nitrogens is 2. The second kappa shape index (κ2) is 8.15. The predicted molar refractivity (Wildman–Crippen MR) is 88.0 cm³/mol. The molecule has 6 heteroatoms.